The van der Waals surface area contributed by atoms with Gasteiger partial charge in [-0.05, 0) is 47.7 Å². The number of fused-ring (bicyclic) bond motifs is 2. The quantitative estimate of drug-likeness (QED) is 0.0661. The molecule has 6 aromatic rings. The van der Waals surface area contributed by atoms with E-state index in [4.69, 9.17) is 37.8 Å². The first kappa shape index (κ1) is 51.9. The minimum atomic E-state index is -0.965. The number of aliphatic hydroxyl groups is 1. The summed E-state index contributed by atoms with van der Waals surface area (Å²) in [5, 5.41) is 16.3. The van der Waals surface area contributed by atoms with Crippen molar-refractivity contribution < 1.29 is 52.3 Å². The number of hydrogen-bond donors (Lipinski definition) is 3. The number of oxazole rings is 1. The van der Waals surface area contributed by atoms with Gasteiger partial charge in [0, 0.05) is 51.1 Å². The van der Waals surface area contributed by atoms with E-state index in [1.54, 1.807) is 17.5 Å². The van der Waals surface area contributed by atoms with Crippen molar-refractivity contribution in [2.75, 3.05) is 77.5 Å². The molecule has 20 nitrogen and oxygen atoms in total. The molecule has 21 heteroatoms. The summed E-state index contributed by atoms with van der Waals surface area (Å²) in [7, 11) is 0. The number of thiazole rings is 1. The maximum Gasteiger partial charge on any atom is 0.298 e. The van der Waals surface area contributed by atoms with Gasteiger partial charge in [-0.25, -0.2) is 9.97 Å². The van der Waals surface area contributed by atoms with Crippen LogP contribution in [-0.4, -0.2) is 143 Å². The van der Waals surface area contributed by atoms with Crippen LogP contribution in [0.25, 0.3) is 21.5 Å². The zero-order valence-corrected chi connectivity index (χ0v) is 41.9. The van der Waals surface area contributed by atoms with Crippen molar-refractivity contribution in [1.29, 1.82) is 0 Å². The summed E-state index contributed by atoms with van der Waals surface area (Å²) in [6, 6.07) is 15.9. The maximum atomic E-state index is 13.9. The number of aliphatic hydroxyl groups excluding tert-OH is 1. The number of carbonyl (C=O) groups is 3. The Hall–Kier alpha value is -6.49. The van der Waals surface area contributed by atoms with Crippen LogP contribution in [0.5, 0.6) is 11.5 Å². The minimum Gasteiger partial charge on any atom is -0.490 e. The van der Waals surface area contributed by atoms with Crippen LogP contribution in [0.15, 0.2) is 83.1 Å². The minimum absolute atomic E-state index is 0.0171. The molecule has 1 fully saturated rings. The molecule has 72 heavy (non-hydrogen) atoms. The summed E-state index contributed by atoms with van der Waals surface area (Å²) in [4.78, 5) is 62.7. The fraction of sp³-hybridized carbons (Fsp3) is 0.471. The number of amides is 3. The Balaban J connectivity index is 0.638. The van der Waals surface area contributed by atoms with Gasteiger partial charge in [-0.3, -0.25) is 19.4 Å². The number of β-amino-alcohol motifs (C(OH)–C–C–N with tert-alkyl or cyclic N) is 1. The van der Waals surface area contributed by atoms with Crippen LogP contribution >= 0.6 is 11.3 Å². The second-order valence-electron chi connectivity index (χ2n) is 18.5. The number of aromatic nitrogens is 5. The highest BCUT2D eigenvalue weighted by atomic mass is 32.1. The molecule has 0 bridgehead atoms. The molecule has 0 aliphatic carbocycles. The Bertz CT molecular complexity index is 2700. The van der Waals surface area contributed by atoms with Crippen LogP contribution in [0.4, 0.5) is 6.01 Å². The SMILES string of the molecule is Cc1ncsc1-c1ccc(CNC(=O)[C@@H]2C[C@@H](O)CN2C(=O)[C@@H](NC(=O)COCCOCCOCCOCCOc2ccc(COc3ccc4oc(N5CCn6ccnc6C5)nc4c3)nc2)C(C)(C)C)cc1. The molecular weight excluding hydrogens is 947 g/mol. The largest absolute Gasteiger partial charge is 0.490 e. The topological polar surface area (TPSA) is 227 Å². The number of carbonyl (C=O) groups excluding carboxylic acids is 3. The Morgan fingerprint density at radius 1 is 0.875 bits per heavy atom. The summed E-state index contributed by atoms with van der Waals surface area (Å²) in [6.45, 7) is 12.5. The zero-order chi connectivity index (χ0) is 50.5. The van der Waals surface area contributed by atoms with Gasteiger partial charge in [0.25, 0.3) is 6.01 Å². The third-order valence-corrected chi connectivity index (χ3v) is 13.1. The first-order valence-corrected chi connectivity index (χ1v) is 25.0. The summed E-state index contributed by atoms with van der Waals surface area (Å²) in [5.74, 6) is 0.968. The van der Waals surface area contributed by atoms with Gasteiger partial charge >= 0.3 is 0 Å². The molecule has 3 N–H and O–H groups in total. The van der Waals surface area contributed by atoms with Gasteiger partial charge in [0.1, 0.15) is 54.7 Å². The summed E-state index contributed by atoms with van der Waals surface area (Å²) in [6.07, 6.45) is 4.68. The summed E-state index contributed by atoms with van der Waals surface area (Å²) < 4.78 is 42.2. The van der Waals surface area contributed by atoms with Gasteiger partial charge in [0.2, 0.25) is 17.7 Å². The number of ether oxygens (including phenoxy) is 6. The number of pyridine rings is 1. The van der Waals surface area contributed by atoms with E-state index in [0.29, 0.717) is 69.3 Å². The van der Waals surface area contributed by atoms with Gasteiger partial charge in [-0.2, -0.15) is 4.98 Å². The predicted molar refractivity (Wildman–Crippen MR) is 266 cm³/mol. The van der Waals surface area contributed by atoms with Gasteiger partial charge < -0.3 is 62.9 Å². The second kappa shape index (κ2) is 24.8. The first-order valence-electron chi connectivity index (χ1n) is 24.1. The van der Waals surface area contributed by atoms with Crippen LogP contribution in [0, 0.1) is 12.3 Å². The number of imidazole rings is 1. The van der Waals surface area contributed by atoms with Gasteiger partial charge in [-0.15, -0.1) is 11.3 Å². The van der Waals surface area contributed by atoms with Crippen LogP contribution in [0.1, 0.15) is 50.0 Å². The smallest absolute Gasteiger partial charge is 0.298 e. The molecule has 0 spiro atoms. The normalized spacial score (nSPS) is 16.2. The molecule has 4 aromatic heterocycles. The highest BCUT2D eigenvalue weighted by molar-refractivity contribution is 7.13. The van der Waals surface area contributed by atoms with E-state index in [-0.39, 0.29) is 51.8 Å². The van der Waals surface area contributed by atoms with E-state index in [1.807, 2.05) is 100 Å². The van der Waals surface area contributed by atoms with Crippen LogP contribution in [0.3, 0.4) is 0 Å². The molecule has 3 amide bonds. The molecule has 6 heterocycles. The highest BCUT2D eigenvalue weighted by Gasteiger charge is 2.44. The van der Waals surface area contributed by atoms with Crippen molar-refractivity contribution in [2.24, 2.45) is 5.41 Å². The number of nitrogens with zero attached hydrogens (tertiary/aromatic N) is 7. The van der Waals surface area contributed by atoms with Crippen LogP contribution in [0.2, 0.25) is 0 Å². The fourth-order valence-corrected chi connectivity index (χ4v) is 9.03. The lowest BCUT2D eigenvalue weighted by molar-refractivity contribution is -0.144. The van der Waals surface area contributed by atoms with Gasteiger partial charge in [0.05, 0.1) is 86.9 Å². The van der Waals surface area contributed by atoms with Crippen molar-refractivity contribution in [2.45, 2.75) is 78.5 Å². The standard InChI is InChI=1S/C51H63N9O11S/c1-34-46(72-33-55-34)36-7-5-35(6-8-36)27-54-48(63)42-25-38(61)29-60(42)49(64)47(51(2,3)4)57-45(62)32-68-22-21-66-18-17-65-19-20-67-23-24-69-40-10-9-37(53-28-40)31-70-39-11-12-43-41(26-39)56-50(71-43)59-16-15-58-14-13-52-44(58)30-59/h5-14,26,28,33,38,42,47,61H,15-25,27,29-32H2,1-4H3,(H,54,63)(H,57,62)/t38-,42+,47-/m1/s1. The third kappa shape index (κ3) is 14.1. The summed E-state index contributed by atoms with van der Waals surface area (Å²) >= 11 is 1.57. The van der Waals surface area contributed by atoms with E-state index in [9.17, 15) is 19.5 Å². The summed E-state index contributed by atoms with van der Waals surface area (Å²) in [5.41, 5.74) is 6.17. The van der Waals surface area contributed by atoms with E-state index in [1.165, 1.54) is 4.90 Å². The van der Waals surface area contributed by atoms with E-state index < -0.39 is 35.4 Å². The molecule has 8 rings (SSSR count). The lowest BCUT2D eigenvalue weighted by Gasteiger charge is -2.35. The van der Waals surface area contributed by atoms with Crippen LogP contribution in [-0.2, 0) is 59.6 Å². The first-order chi connectivity index (χ1) is 34.9. The molecule has 0 unspecified atom stereocenters. The Kier molecular flexibility index (Phi) is 17.8. The molecule has 384 valence electrons. The zero-order valence-electron chi connectivity index (χ0n) is 41.1. The van der Waals surface area contributed by atoms with E-state index >= 15 is 0 Å². The second-order valence-corrected chi connectivity index (χ2v) is 19.4. The van der Waals surface area contributed by atoms with Crippen molar-refractivity contribution in [3.8, 4) is 21.9 Å². The van der Waals surface area contributed by atoms with Crippen molar-refractivity contribution in [1.82, 2.24) is 40.0 Å². The molecule has 2 aliphatic heterocycles. The van der Waals surface area contributed by atoms with Crippen molar-refractivity contribution >= 4 is 46.2 Å². The van der Waals surface area contributed by atoms with Gasteiger partial charge in [0.15, 0.2) is 5.58 Å². The maximum absolute atomic E-state index is 13.9. The van der Waals surface area contributed by atoms with Crippen molar-refractivity contribution in [3.63, 3.8) is 0 Å². The monoisotopic (exact) mass is 1010 g/mol. The van der Waals surface area contributed by atoms with Gasteiger partial charge in [-0.1, -0.05) is 45.0 Å². The molecule has 0 saturated carbocycles. The highest BCUT2D eigenvalue weighted by Crippen LogP contribution is 2.30. The molecule has 1 saturated heterocycles. The Morgan fingerprint density at radius 2 is 1.61 bits per heavy atom. The Morgan fingerprint density at radius 3 is 2.32 bits per heavy atom. The molecular formula is C51H63N9O11S. The molecule has 2 aliphatic rings. The molecule has 3 atom stereocenters. The number of anilines is 1. The number of hydrogen-bond acceptors (Lipinski definition) is 17. The number of rotatable bonds is 25. The molecule has 2 aromatic carbocycles. The number of likely N-dealkylation sites (tertiary alicyclic amines) is 1. The van der Waals surface area contributed by atoms with Crippen molar-refractivity contribution in [3.05, 3.63) is 101 Å². The molecule has 0 radical (unpaired) electrons. The Labute approximate surface area is 421 Å². The number of aryl methyl sites for hydroxylation is 1. The third-order valence-electron chi connectivity index (χ3n) is 12.1. The lowest BCUT2D eigenvalue weighted by atomic mass is 9.85. The van der Waals surface area contributed by atoms with E-state index in [0.717, 1.165) is 51.8 Å². The van der Waals surface area contributed by atoms with Crippen LogP contribution < -0.4 is 25.0 Å². The number of nitrogens with one attached hydrogen (secondary N) is 2. The lowest BCUT2D eigenvalue weighted by Crippen LogP contribution is -2.58. The van der Waals surface area contributed by atoms with E-state index in [2.05, 4.69) is 35.1 Å². The fourth-order valence-electron chi connectivity index (χ4n) is 8.22. The average Bonchev–Trinajstić information content (AvgIpc) is 4.21. The predicted octanol–water partition coefficient (Wildman–Crippen LogP) is 4.70. The average molecular weight is 1010 g/mol. The number of benzene rings is 2.